The van der Waals surface area contributed by atoms with Gasteiger partial charge in [-0.25, -0.2) is 4.39 Å². The fourth-order valence-electron chi connectivity index (χ4n) is 3.16. The minimum absolute atomic E-state index is 0.273. The summed E-state index contributed by atoms with van der Waals surface area (Å²) in [6.45, 7) is 6.34. The molecule has 0 amide bonds. The largest absolute Gasteiger partial charge is 0.338 e. The minimum atomic E-state index is -0.273. The van der Waals surface area contributed by atoms with Crippen molar-refractivity contribution in [2.45, 2.75) is 6.92 Å². The number of benzene rings is 1. The zero-order valence-corrected chi connectivity index (χ0v) is 16.6. The Bertz CT molecular complexity index is 975. The lowest BCUT2D eigenvalue weighted by Crippen LogP contribution is -2.45. The van der Waals surface area contributed by atoms with Gasteiger partial charge in [0.25, 0.3) is 0 Å². The molecule has 4 rings (SSSR count). The van der Waals surface area contributed by atoms with E-state index in [0.29, 0.717) is 24.3 Å². The lowest BCUT2D eigenvalue weighted by molar-refractivity contribution is 0.311. The summed E-state index contributed by atoms with van der Waals surface area (Å²) in [5.74, 6) is 2.08. The molecule has 1 saturated heterocycles. The van der Waals surface area contributed by atoms with Crippen LogP contribution >= 0.6 is 0 Å². The molecule has 2 aliphatic heterocycles. The quantitative estimate of drug-likeness (QED) is 0.861. The maximum absolute atomic E-state index is 13.4. The average molecular weight is 393 g/mol. The third kappa shape index (κ3) is 5.03. The Kier molecular flexibility index (Phi) is 5.62. The van der Waals surface area contributed by atoms with Gasteiger partial charge in [-0.15, -0.1) is 0 Å². The first-order valence-corrected chi connectivity index (χ1v) is 9.67. The molecule has 1 aromatic carbocycles. The van der Waals surface area contributed by atoms with E-state index >= 15 is 0 Å². The van der Waals surface area contributed by atoms with E-state index in [2.05, 4.69) is 42.1 Å². The van der Waals surface area contributed by atoms with Crippen molar-refractivity contribution in [2.75, 3.05) is 50.0 Å². The second kappa shape index (κ2) is 8.48. The van der Waals surface area contributed by atoms with Crippen LogP contribution in [-0.2, 0) is 0 Å². The van der Waals surface area contributed by atoms with Gasteiger partial charge in [0, 0.05) is 26.2 Å². The number of piperazine rings is 1. The Hall–Kier alpha value is -3.13. The molecule has 8 heteroatoms. The Morgan fingerprint density at radius 1 is 1.07 bits per heavy atom. The summed E-state index contributed by atoms with van der Waals surface area (Å²) in [5, 5.41) is 3.19. The molecule has 0 unspecified atom stereocenters. The number of anilines is 2. The van der Waals surface area contributed by atoms with Gasteiger partial charge in [-0.1, -0.05) is 18.2 Å². The maximum Gasteiger partial charge on any atom is 0.233 e. The third-order valence-electron chi connectivity index (χ3n) is 4.82. The normalized spacial score (nSPS) is 17.6. The van der Waals surface area contributed by atoms with E-state index in [1.165, 1.54) is 17.7 Å². The third-order valence-corrected chi connectivity index (χ3v) is 4.82. The van der Waals surface area contributed by atoms with Crippen molar-refractivity contribution in [1.29, 1.82) is 0 Å². The van der Waals surface area contributed by atoms with Crippen molar-refractivity contribution in [2.24, 2.45) is 4.99 Å². The molecular weight excluding hydrogens is 369 g/mol. The summed E-state index contributed by atoms with van der Waals surface area (Å²) in [5.41, 5.74) is 1.94. The van der Waals surface area contributed by atoms with Gasteiger partial charge < -0.3 is 15.1 Å². The van der Waals surface area contributed by atoms with E-state index in [-0.39, 0.29) is 5.82 Å². The van der Waals surface area contributed by atoms with Gasteiger partial charge in [-0.3, -0.25) is 4.99 Å². The van der Waals surface area contributed by atoms with Crippen LogP contribution in [-0.4, -0.2) is 65.5 Å². The Balaban J connectivity index is 1.62. The first kappa shape index (κ1) is 19.2. The molecule has 0 bridgehead atoms. The van der Waals surface area contributed by atoms with Crippen molar-refractivity contribution < 1.29 is 4.39 Å². The van der Waals surface area contributed by atoms with Crippen LogP contribution in [0.3, 0.4) is 0 Å². The Morgan fingerprint density at radius 2 is 1.90 bits per heavy atom. The number of hydrogen-bond donors (Lipinski definition) is 1. The fraction of sp³-hybridized carbons (Fsp3) is 0.333. The van der Waals surface area contributed by atoms with Crippen LogP contribution in [0, 0.1) is 5.82 Å². The average Bonchev–Trinajstić information content (AvgIpc) is 3.11. The summed E-state index contributed by atoms with van der Waals surface area (Å²) in [4.78, 5) is 22.6. The number of aromatic nitrogens is 3. The smallest absolute Gasteiger partial charge is 0.233 e. The second-order valence-corrected chi connectivity index (χ2v) is 7.31. The van der Waals surface area contributed by atoms with Gasteiger partial charge in [0.05, 0.1) is 6.54 Å². The highest BCUT2D eigenvalue weighted by Crippen LogP contribution is 2.16. The Labute approximate surface area is 169 Å². The molecule has 7 nitrogen and oxygen atoms in total. The van der Waals surface area contributed by atoms with Gasteiger partial charge in [0.1, 0.15) is 11.7 Å². The molecule has 0 saturated carbocycles. The van der Waals surface area contributed by atoms with Crippen LogP contribution < -0.4 is 10.2 Å². The molecule has 3 heterocycles. The van der Waals surface area contributed by atoms with Crippen molar-refractivity contribution in [1.82, 2.24) is 19.9 Å². The van der Waals surface area contributed by atoms with Crippen molar-refractivity contribution in [3.05, 3.63) is 53.1 Å². The molecule has 1 aromatic heterocycles. The van der Waals surface area contributed by atoms with Crippen LogP contribution in [0.15, 0.2) is 40.9 Å². The first-order chi connectivity index (χ1) is 14.0. The molecule has 0 aliphatic carbocycles. The topological polar surface area (TPSA) is 69.5 Å². The molecule has 2 aromatic rings. The number of amidine groups is 1. The summed E-state index contributed by atoms with van der Waals surface area (Å²) in [6.07, 6.45) is 5.56. The number of likely N-dealkylation sites (N-methyl/N-ethyl adjacent to an activating group) is 1. The Morgan fingerprint density at radius 3 is 2.62 bits per heavy atom. The molecule has 1 fully saturated rings. The summed E-state index contributed by atoms with van der Waals surface area (Å²) < 4.78 is 13.4. The monoisotopic (exact) mass is 393 g/mol. The predicted octanol–water partition coefficient (Wildman–Crippen LogP) is 2.70. The lowest BCUT2D eigenvalue weighted by atomic mass is 10.2. The SMILES string of the molecule is CC1=CC(Nc2nc(/C=C/c3cccc(F)c3)nc(N3CCN(C)CC3)n2)=NC1. The van der Waals surface area contributed by atoms with Gasteiger partial charge in [0.15, 0.2) is 5.82 Å². The predicted molar refractivity (Wildman–Crippen MR) is 115 cm³/mol. The number of hydrogen-bond acceptors (Lipinski definition) is 7. The van der Waals surface area contributed by atoms with Gasteiger partial charge >= 0.3 is 0 Å². The van der Waals surface area contributed by atoms with Crippen LogP contribution in [0.2, 0.25) is 0 Å². The lowest BCUT2D eigenvalue weighted by Gasteiger charge is -2.32. The number of rotatable bonds is 4. The molecule has 1 N–H and O–H groups in total. The summed E-state index contributed by atoms with van der Waals surface area (Å²) >= 11 is 0. The second-order valence-electron chi connectivity index (χ2n) is 7.31. The molecule has 0 spiro atoms. The number of aliphatic imine (C=N–C) groups is 1. The molecule has 0 radical (unpaired) electrons. The van der Waals surface area contributed by atoms with Crippen molar-refractivity contribution in [3.63, 3.8) is 0 Å². The van der Waals surface area contributed by atoms with Crippen LogP contribution in [0.4, 0.5) is 16.3 Å². The van der Waals surface area contributed by atoms with Crippen LogP contribution in [0.1, 0.15) is 18.3 Å². The minimum Gasteiger partial charge on any atom is -0.338 e. The van der Waals surface area contributed by atoms with Crippen LogP contribution in [0.5, 0.6) is 0 Å². The highest BCUT2D eigenvalue weighted by molar-refractivity contribution is 6.04. The summed E-state index contributed by atoms with van der Waals surface area (Å²) in [7, 11) is 2.11. The van der Waals surface area contributed by atoms with Gasteiger partial charge in [-0.05, 0) is 49.4 Å². The van der Waals surface area contributed by atoms with Crippen molar-refractivity contribution >= 4 is 29.9 Å². The maximum atomic E-state index is 13.4. The van der Waals surface area contributed by atoms with Crippen LogP contribution in [0.25, 0.3) is 12.2 Å². The first-order valence-electron chi connectivity index (χ1n) is 9.67. The molecule has 0 atom stereocenters. The molecule has 150 valence electrons. The summed E-state index contributed by atoms with van der Waals surface area (Å²) in [6, 6.07) is 6.41. The number of nitrogens with zero attached hydrogens (tertiary/aromatic N) is 6. The van der Waals surface area contributed by atoms with Crippen molar-refractivity contribution in [3.8, 4) is 0 Å². The zero-order chi connectivity index (χ0) is 20.2. The van der Waals surface area contributed by atoms with E-state index in [0.717, 1.165) is 37.6 Å². The van der Waals surface area contributed by atoms with Gasteiger partial charge in [-0.2, -0.15) is 15.0 Å². The zero-order valence-electron chi connectivity index (χ0n) is 16.6. The molecule has 2 aliphatic rings. The highest BCUT2D eigenvalue weighted by atomic mass is 19.1. The number of halogens is 1. The fourth-order valence-corrected chi connectivity index (χ4v) is 3.16. The molecular formula is C21H24FN7. The highest BCUT2D eigenvalue weighted by Gasteiger charge is 2.18. The standard InChI is InChI=1S/C21H24FN7/c1-15-12-19(23-14-15)25-20-24-18(7-6-16-4-3-5-17(22)13-16)26-21(27-20)29-10-8-28(2)9-11-29/h3-7,12-13H,8-11,14H2,1-2H3,(H,23,24,25,26,27)/b7-6+. The number of nitrogens with one attached hydrogen (secondary N) is 1. The molecule has 29 heavy (non-hydrogen) atoms. The van der Waals surface area contributed by atoms with Gasteiger partial charge in [0.2, 0.25) is 11.9 Å². The van der Waals surface area contributed by atoms with E-state index in [4.69, 9.17) is 0 Å². The van der Waals surface area contributed by atoms with E-state index in [9.17, 15) is 4.39 Å². The van der Waals surface area contributed by atoms with E-state index in [1.54, 1.807) is 18.2 Å². The van der Waals surface area contributed by atoms with E-state index in [1.807, 2.05) is 19.1 Å². The van der Waals surface area contributed by atoms with E-state index < -0.39 is 0 Å².